The van der Waals surface area contributed by atoms with Gasteiger partial charge in [-0.05, 0) is 177 Å². The fourth-order valence-corrected chi connectivity index (χ4v) is 19.4. The molecule has 17 atom stereocenters. The maximum Gasteiger partial charge on any atom is 0.161 e. The molecule has 10 nitrogen and oxygen atoms in total. The van der Waals surface area contributed by atoms with E-state index < -0.39 is 53.7 Å². The molecule has 420 valence electrons. The number of hydrogen-bond acceptors (Lipinski definition) is 11. The number of aryl methyl sites for hydroxylation is 1. The third-order valence-electron chi connectivity index (χ3n) is 20.8. The number of fused-ring (bicyclic) bond motifs is 7. The summed E-state index contributed by atoms with van der Waals surface area (Å²) in [6, 6.07) is 28.1. The van der Waals surface area contributed by atoms with Gasteiger partial charge in [0.2, 0.25) is 0 Å². The fourth-order valence-electron chi connectivity index (χ4n) is 16.9. The van der Waals surface area contributed by atoms with E-state index in [2.05, 4.69) is 102 Å². The molecule has 10 N–H and O–H groups in total. The predicted molar refractivity (Wildman–Crippen MR) is 316 cm³/mol. The zero-order chi connectivity index (χ0) is 54.4. The number of nitrogens with one attached hydrogen (secondary N) is 2. The van der Waals surface area contributed by atoms with E-state index in [1.54, 1.807) is 21.6 Å². The van der Waals surface area contributed by atoms with Gasteiger partial charge in [-0.25, -0.2) is 0 Å². The summed E-state index contributed by atoms with van der Waals surface area (Å²) in [6.45, 7) is 2.58. The fraction of sp³-hybridized carbons (Fsp3) is 0.552. The monoisotopic (exact) mass is 1110 g/mol. The van der Waals surface area contributed by atoms with Crippen molar-refractivity contribution >= 4 is 21.6 Å². The van der Waals surface area contributed by atoms with E-state index in [0.717, 1.165) is 92.2 Å². The van der Waals surface area contributed by atoms with Crippen LogP contribution in [-0.2, 0) is 25.7 Å². The number of H-pyrrole nitrogens is 1. The summed E-state index contributed by atoms with van der Waals surface area (Å²) in [5, 5.41) is 76.3. The van der Waals surface area contributed by atoms with Crippen molar-refractivity contribution in [1.29, 1.82) is 0 Å². The van der Waals surface area contributed by atoms with Gasteiger partial charge < -0.3 is 51.4 Å². The lowest BCUT2D eigenvalue weighted by atomic mass is 9.45. The Morgan fingerprint density at radius 2 is 1.67 bits per heavy atom. The molecular weight excluding hydrogens is 1020 g/mol. The third kappa shape index (κ3) is 10.9. The molecule has 1 saturated heterocycles. The summed E-state index contributed by atoms with van der Waals surface area (Å²) in [4.78, 5) is 3.39. The van der Waals surface area contributed by atoms with Crippen LogP contribution in [0, 0.1) is 70.5 Å². The van der Waals surface area contributed by atoms with Crippen molar-refractivity contribution < 1.29 is 35.4 Å². The molecule has 1 spiro atoms. The number of dihydropyridines is 1. The van der Waals surface area contributed by atoms with Crippen LogP contribution in [0.5, 0.6) is 11.5 Å². The van der Waals surface area contributed by atoms with E-state index in [1.165, 1.54) is 22.3 Å². The molecule has 6 aliphatic carbocycles. The van der Waals surface area contributed by atoms with Gasteiger partial charge in [0, 0.05) is 77.1 Å². The van der Waals surface area contributed by atoms with E-state index in [-0.39, 0.29) is 47.7 Å². The molecule has 3 fully saturated rings. The van der Waals surface area contributed by atoms with Crippen molar-refractivity contribution in [1.82, 2.24) is 10.3 Å². The minimum atomic E-state index is -1.06. The summed E-state index contributed by atoms with van der Waals surface area (Å²) < 4.78 is 7.01. The molecule has 12 rings (SSSR count). The van der Waals surface area contributed by atoms with Crippen LogP contribution in [0.15, 0.2) is 120 Å². The lowest BCUT2D eigenvalue weighted by Gasteiger charge is -2.59. The smallest absolute Gasteiger partial charge is 0.161 e. The maximum atomic E-state index is 12.8. The lowest BCUT2D eigenvalue weighted by Crippen LogP contribution is -2.56. The van der Waals surface area contributed by atoms with Crippen molar-refractivity contribution in [2.24, 2.45) is 64.4 Å². The Morgan fingerprint density at radius 1 is 0.835 bits per heavy atom. The zero-order valence-electron chi connectivity index (χ0n) is 45.9. The van der Waals surface area contributed by atoms with Crippen LogP contribution in [0.4, 0.5) is 0 Å². The van der Waals surface area contributed by atoms with Gasteiger partial charge in [0.15, 0.2) is 11.5 Å². The number of rotatable bonds is 7. The Bertz CT molecular complexity index is 2950. The summed E-state index contributed by atoms with van der Waals surface area (Å²) in [5.41, 5.74) is 17.0. The highest BCUT2D eigenvalue weighted by Gasteiger charge is 2.59. The molecule has 0 bridgehead atoms. The second kappa shape index (κ2) is 23.7. The molecular formula is C67H83N3O7S2. The van der Waals surface area contributed by atoms with Crippen molar-refractivity contribution in [3.8, 4) is 23.3 Å². The lowest BCUT2D eigenvalue weighted by molar-refractivity contribution is -0.115. The number of aromatic nitrogens is 1. The number of benzene rings is 3. The molecule has 0 unspecified atom stereocenters. The van der Waals surface area contributed by atoms with Crippen molar-refractivity contribution in [3.05, 3.63) is 153 Å². The first-order valence-corrected chi connectivity index (χ1v) is 32.5. The van der Waals surface area contributed by atoms with Crippen molar-refractivity contribution in [2.45, 2.75) is 146 Å². The quantitative estimate of drug-likeness (QED) is 0.0488. The van der Waals surface area contributed by atoms with Crippen molar-refractivity contribution in [2.75, 3.05) is 24.7 Å². The standard InChI is InChI=1S/C67H83N3O7S2/c1-2-39-27-45-31-58(74)60(77-61-32-46(28-48-15-10-25-69-48)49-22-26-70-66(68)55(49)38-79-78-37-47(36-71)65(61)76)34-51(45)52-33-59(75)63-44(30-50(39)52)21-24-67(23-9-8-16-56(63)72)35-54(41-12-4-3-5-13-41)53-29-43-14-7-6-11-40(43)17-18-42-19-20-57(73)64(67)62(42)53/h3-7,10-15,22,25,30-31,34,39,42,44,46-47,52-54,56-57,59,61-65,69-76H,2,8-9,16-20,23,26-29,32-33,35-38,68H2,1H3/t39-,42-,44-,46+,47+,52+,53+,54+,56+,57-,59-,61-,62+,63+,64+,65-,67+/m1/s1. The van der Waals surface area contributed by atoms with Gasteiger partial charge in [-0.15, -0.1) is 0 Å². The normalized spacial score (nSPS) is 36.6. The van der Waals surface area contributed by atoms with Gasteiger partial charge >= 0.3 is 0 Å². The molecule has 2 aliphatic heterocycles. The van der Waals surface area contributed by atoms with Crippen LogP contribution in [0.2, 0.25) is 0 Å². The summed E-state index contributed by atoms with van der Waals surface area (Å²) in [7, 11) is 3.28. The van der Waals surface area contributed by atoms with E-state index in [1.807, 2.05) is 24.4 Å². The van der Waals surface area contributed by atoms with Gasteiger partial charge in [0.05, 0.1) is 24.4 Å². The molecule has 4 aromatic rings. The molecule has 0 radical (unpaired) electrons. The summed E-state index contributed by atoms with van der Waals surface area (Å²) in [5.74, 6) is 10.0. The molecule has 79 heavy (non-hydrogen) atoms. The number of phenolic OH excluding ortho intramolecular Hbond substituents is 1. The third-order valence-corrected chi connectivity index (χ3v) is 23.2. The Balaban J connectivity index is 0.926. The maximum absolute atomic E-state index is 12.8. The number of ether oxygens (including phenoxy) is 1. The Morgan fingerprint density at radius 3 is 2.48 bits per heavy atom. The van der Waals surface area contributed by atoms with Crippen LogP contribution in [0.1, 0.15) is 123 Å². The molecule has 2 saturated carbocycles. The van der Waals surface area contributed by atoms with Gasteiger partial charge in [0.1, 0.15) is 11.9 Å². The zero-order valence-corrected chi connectivity index (χ0v) is 47.5. The number of allylic oxidation sites excluding steroid dienone is 3. The number of aliphatic hydroxyl groups excluding tert-OH is 5. The van der Waals surface area contributed by atoms with Gasteiger partial charge in [-0.3, -0.25) is 0 Å². The van der Waals surface area contributed by atoms with Crippen LogP contribution in [0.3, 0.4) is 0 Å². The minimum absolute atomic E-state index is 0.000993. The van der Waals surface area contributed by atoms with Gasteiger partial charge in [-0.2, -0.15) is 0 Å². The number of aromatic amines is 1. The number of hydrogen-bond donors (Lipinski definition) is 9. The van der Waals surface area contributed by atoms with E-state index in [9.17, 15) is 30.6 Å². The highest BCUT2D eigenvalue weighted by Crippen LogP contribution is 2.63. The van der Waals surface area contributed by atoms with Crippen LogP contribution >= 0.6 is 21.6 Å². The molecule has 1 aromatic heterocycles. The number of phenols is 1. The predicted octanol–water partition coefficient (Wildman–Crippen LogP) is 10.3. The molecule has 8 aliphatic rings. The van der Waals surface area contributed by atoms with E-state index in [0.29, 0.717) is 73.7 Å². The second-order valence-corrected chi connectivity index (χ2v) is 27.5. The van der Waals surface area contributed by atoms with E-state index >= 15 is 0 Å². The number of aromatic hydroxyl groups is 1. The van der Waals surface area contributed by atoms with Crippen LogP contribution in [-0.4, -0.2) is 90.8 Å². The molecule has 3 aromatic carbocycles. The Hall–Kier alpha value is -4.58. The summed E-state index contributed by atoms with van der Waals surface area (Å²) in [6.07, 6.45) is 14.6. The van der Waals surface area contributed by atoms with E-state index in [4.69, 9.17) is 10.5 Å². The average Bonchev–Trinajstić information content (AvgIpc) is 4.03. The van der Waals surface area contributed by atoms with Crippen molar-refractivity contribution in [3.63, 3.8) is 0 Å². The number of aliphatic hydroxyl groups is 5. The summed E-state index contributed by atoms with van der Waals surface area (Å²) >= 11 is 0. The first-order valence-electron chi connectivity index (χ1n) is 30.0. The first-order chi connectivity index (χ1) is 38.5. The Labute approximate surface area is 476 Å². The highest BCUT2D eigenvalue weighted by molar-refractivity contribution is 8.76. The average molecular weight is 1110 g/mol. The van der Waals surface area contributed by atoms with Crippen LogP contribution in [0.25, 0.3) is 0 Å². The molecule has 12 heteroatoms. The molecule has 3 heterocycles. The second-order valence-electron chi connectivity index (χ2n) is 25.0. The minimum Gasteiger partial charge on any atom is -0.504 e. The molecule has 0 amide bonds. The Kier molecular flexibility index (Phi) is 16.5. The number of nitrogens with two attached hydrogens (primary N) is 1. The largest absolute Gasteiger partial charge is 0.504 e. The van der Waals surface area contributed by atoms with Crippen LogP contribution < -0.4 is 15.8 Å². The first kappa shape index (κ1) is 55.0. The SMILES string of the molecule is CC[C@@H]1Cc2cc(O)c(O[C@@H]3C[C@H](Cc4ccc[nH]4)C4=CCNC(N)=C4CSSC[C@H](CO)[C@H]3O)cc2[C@H]2C[C@@H](O)[C@H]3[C@H](C#C[C@@]4(CCCC[C@@H]3O)C[C@@H](c3ccccc3)[C@@H]3Cc5ccccc5CC[C@@H]5CC[C@@H](O)[C@H]4[C@@H]53)C=C12. The topological polar surface area (TPSA) is 184 Å². The van der Waals surface area contributed by atoms with Gasteiger partial charge in [-0.1, -0.05) is 126 Å². The highest BCUT2D eigenvalue weighted by atomic mass is 33.1. The van der Waals surface area contributed by atoms with Gasteiger partial charge in [0.25, 0.3) is 0 Å².